The SMILES string of the molecule is CCC(CC)(CC)OC(C)(O)O. The lowest BCUT2D eigenvalue weighted by Gasteiger charge is -2.35. The zero-order chi connectivity index (χ0) is 9.83. The molecule has 0 unspecified atom stereocenters. The van der Waals surface area contributed by atoms with E-state index in [4.69, 9.17) is 14.9 Å². The fraction of sp³-hybridized carbons (Fsp3) is 1.00. The molecule has 0 aliphatic rings. The molecule has 12 heavy (non-hydrogen) atoms. The van der Waals surface area contributed by atoms with Crippen LogP contribution < -0.4 is 0 Å². The lowest BCUT2D eigenvalue weighted by Crippen LogP contribution is -2.41. The number of hydrogen-bond donors (Lipinski definition) is 2. The van der Waals surface area contributed by atoms with E-state index in [0.717, 1.165) is 19.3 Å². The van der Waals surface area contributed by atoms with Crippen molar-refractivity contribution in [3.63, 3.8) is 0 Å². The summed E-state index contributed by atoms with van der Waals surface area (Å²) in [4.78, 5) is 0. The van der Waals surface area contributed by atoms with Crippen LogP contribution in [0.2, 0.25) is 0 Å². The van der Waals surface area contributed by atoms with Gasteiger partial charge in [-0.25, -0.2) is 0 Å². The van der Waals surface area contributed by atoms with Gasteiger partial charge in [0.2, 0.25) is 0 Å². The van der Waals surface area contributed by atoms with Crippen molar-refractivity contribution in [1.29, 1.82) is 0 Å². The Kier molecular flexibility index (Phi) is 4.17. The van der Waals surface area contributed by atoms with Crippen molar-refractivity contribution in [2.75, 3.05) is 0 Å². The number of hydrogen-bond acceptors (Lipinski definition) is 3. The molecule has 2 N–H and O–H groups in total. The predicted octanol–water partition coefficient (Wildman–Crippen LogP) is 1.63. The summed E-state index contributed by atoms with van der Waals surface area (Å²) in [6.07, 6.45) is 2.37. The Hall–Kier alpha value is -0.120. The van der Waals surface area contributed by atoms with E-state index in [9.17, 15) is 0 Å². The topological polar surface area (TPSA) is 49.7 Å². The molecule has 0 saturated heterocycles. The fourth-order valence-electron chi connectivity index (χ4n) is 1.38. The van der Waals surface area contributed by atoms with Crippen molar-refractivity contribution in [2.24, 2.45) is 0 Å². The molecule has 0 aliphatic carbocycles. The summed E-state index contributed by atoms with van der Waals surface area (Å²) in [5.41, 5.74) is -0.391. The summed E-state index contributed by atoms with van der Waals surface area (Å²) in [5, 5.41) is 18.2. The maximum Gasteiger partial charge on any atom is 0.275 e. The van der Waals surface area contributed by atoms with Crippen LogP contribution in [0, 0.1) is 0 Å². The van der Waals surface area contributed by atoms with Gasteiger partial charge in [-0.2, -0.15) is 0 Å². The molecule has 3 nitrogen and oxygen atoms in total. The molecular formula is C9H20O3. The normalized spacial score (nSPS) is 13.5. The van der Waals surface area contributed by atoms with Crippen molar-refractivity contribution in [2.45, 2.75) is 58.5 Å². The Morgan fingerprint density at radius 3 is 1.42 bits per heavy atom. The van der Waals surface area contributed by atoms with Crippen LogP contribution in [0.3, 0.4) is 0 Å². The standard InChI is InChI=1S/C9H20O3/c1-5-9(6-2,7-3)12-8(4,10)11/h10-11H,5-7H2,1-4H3. The van der Waals surface area contributed by atoms with E-state index >= 15 is 0 Å². The van der Waals surface area contributed by atoms with E-state index < -0.39 is 11.6 Å². The minimum atomic E-state index is -2.01. The molecule has 0 aromatic heterocycles. The van der Waals surface area contributed by atoms with Gasteiger partial charge < -0.3 is 14.9 Å². The molecule has 74 valence electrons. The lowest BCUT2D eigenvalue weighted by molar-refractivity contribution is -0.367. The van der Waals surface area contributed by atoms with Crippen LogP contribution in [-0.4, -0.2) is 21.8 Å². The molecule has 0 aromatic carbocycles. The first-order valence-corrected chi connectivity index (χ1v) is 4.54. The molecule has 0 radical (unpaired) electrons. The van der Waals surface area contributed by atoms with E-state index in [0.29, 0.717) is 0 Å². The number of ether oxygens (including phenoxy) is 1. The van der Waals surface area contributed by atoms with Crippen molar-refractivity contribution in [1.82, 2.24) is 0 Å². The second-order valence-electron chi connectivity index (χ2n) is 3.28. The lowest BCUT2D eigenvalue weighted by atomic mass is 9.94. The summed E-state index contributed by atoms with van der Waals surface area (Å²) >= 11 is 0. The zero-order valence-corrected chi connectivity index (χ0v) is 8.42. The van der Waals surface area contributed by atoms with E-state index in [1.807, 2.05) is 20.8 Å². The second kappa shape index (κ2) is 4.21. The highest BCUT2D eigenvalue weighted by atomic mass is 16.8. The van der Waals surface area contributed by atoms with Gasteiger partial charge in [0.1, 0.15) is 0 Å². The van der Waals surface area contributed by atoms with Gasteiger partial charge in [-0.15, -0.1) is 0 Å². The van der Waals surface area contributed by atoms with Crippen LogP contribution in [0.15, 0.2) is 0 Å². The van der Waals surface area contributed by atoms with Crippen LogP contribution in [0.1, 0.15) is 47.0 Å². The van der Waals surface area contributed by atoms with E-state index in [1.165, 1.54) is 6.92 Å². The molecule has 0 amide bonds. The molecule has 0 saturated carbocycles. The molecule has 0 aromatic rings. The maximum absolute atomic E-state index is 9.08. The highest BCUT2D eigenvalue weighted by molar-refractivity contribution is 4.76. The summed E-state index contributed by atoms with van der Waals surface area (Å²) in [5.74, 6) is -2.01. The Morgan fingerprint density at radius 1 is 1.00 bits per heavy atom. The minimum absolute atomic E-state index is 0.391. The van der Waals surface area contributed by atoms with Gasteiger partial charge in [0.15, 0.2) is 0 Å². The first kappa shape index (κ1) is 11.9. The molecule has 3 heteroatoms. The van der Waals surface area contributed by atoms with E-state index in [1.54, 1.807) is 0 Å². The van der Waals surface area contributed by atoms with Crippen LogP contribution in [0.5, 0.6) is 0 Å². The number of rotatable bonds is 5. The van der Waals surface area contributed by atoms with Crippen LogP contribution in [0.25, 0.3) is 0 Å². The third-order valence-electron chi connectivity index (χ3n) is 2.34. The molecule has 0 aliphatic heterocycles. The largest absolute Gasteiger partial charge is 0.344 e. The Balaban J connectivity index is 4.30. The monoisotopic (exact) mass is 176 g/mol. The molecular weight excluding hydrogens is 156 g/mol. The molecule has 0 rings (SSSR count). The van der Waals surface area contributed by atoms with Gasteiger partial charge >= 0.3 is 0 Å². The quantitative estimate of drug-likeness (QED) is 0.626. The second-order valence-corrected chi connectivity index (χ2v) is 3.28. The van der Waals surface area contributed by atoms with Gasteiger partial charge in [0.05, 0.1) is 5.60 Å². The third-order valence-corrected chi connectivity index (χ3v) is 2.34. The summed E-state index contributed by atoms with van der Waals surface area (Å²) in [6.45, 7) is 7.19. The Labute approximate surface area is 74.4 Å². The molecule has 0 heterocycles. The smallest absolute Gasteiger partial charge is 0.275 e. The molecule has 0 atom stereocenters. The predicted molar refractivity (Wildman–Crippen MR) is 47.5 cm³/mol. The summed E-state index contributed by atoms with van der Waals surface area (Å²) < 4.78 is 5.18. The number of aliphatic hydroxyl groups is 2. The molecule has 0 bridgehead atoms. The molecule has 0 spiro atoms. The first-order chi connectivity index (χ1) is 5.39. The van der Waals surface area contributed by atoms with E-state index in [-0.39, 0.29) is 0 Å². The highest BCUT2D eigenvalue weighted by Gasteiger charge is 2.32. The van der Waals surface area contributed by atoms with Gasteiger partial charge in [-0.3, -0.25) is 0 Å². The Bertz CT molecular complexity index is 114. The Morgan fingerprint density at radius 2 is 1.33 bits per heavy atom. The summed E-state index contributed by atoms with van der Waals surface area (Å²) in [6, 6.07) is 0. The zero-order valence-electron chi connectivity index (χ0n) is 8.42. The fourth-order valence-corrected chi connectivity index (χ4v) is 1.38. The van der Waals surface area contributed by atoms with Crippen molar-refractivity contribution >= 4 is 0 Å². The summed E-state index contributed by atoms with van der Waals surface area (Å²) in [7, 11) is 0. The minimum Gasteiger partial charge on any atom is -0.344 e. The van der Waals surface area contributed by atoms with Crippen molar-refractivity contribution < 1.29 is 14.9 Å². The van der Waals surface area contributed by atoms with Crippen molar-refractivity contribution in [3.8, 4) is 0 Å². The maximum atomic E-state index is 9.08. The van der Waals surface area contributed by atoms with Gasteiger partial charge in [0, 0.05) is 6.92 Å². The highest BCUT2D eigenvalue weighted by Crippen LogP contribution is 2.27. The van der Waals surface area contributed by atoms with Gasteiger partial charge in [0.25, 0.3) is 5.97 Å². The molecule has 0 fully saturated rings. The van der Waals surface area contributed by atoms with Gasteiger partial charge in [-0.05, 0) is 19.3 Å². The average Bonchev–Trinajstić information content (AvgIpc) is 1.99. The average molecular weight is 176 g/mol. The first-order valence-electron chi connectivity index (χ1n) is 4.54. The third kappa shape index (κ3) is 3.52. The van der Waals surface area contributed by atoms with Crippen LogP contribution in [-0.2, 0) is 4.74 Å². The van der Waals surface area contributed by atoms with Crippen molar-refractivity contribution in [3.05, 3.63) is 0 Å². The van der Waals surface area contributed by atoms with Crippen LogP contribution in [0.4, 0.5) is 0 Å². The van der Waals surface area contributed by atoms with Gasteiger partial charge in [-0.1, -0.05) is 20.8 Å². The van der Waals surface area contributed by atoms with Crippen LogP contribution >= 0.6 is 0 Å². The van der Waals surface area contributed by atoms with E-state index in [2.05, 4.69) is 0 Å².